The molecule has 0 fully saturated rings. The summed E-state index contributed by atoms with van der Waals surface area (Å²) in [5.41, 5.74) is 3.46. The van der Waals surface area contributed by atoms with E-state index in [1.807, 2.05) is 13.8 Å². The molecule has 0 spiro atoms. The predicted octanol–water partition coefficient (Wildman–Crippen LogP) is 2.67. The van der Waals surface area contributed by atoms with Gasteiger partial charge in [0, 0.05) is 5.92 Å². The highest BCUT2D eigenvalue weighted by molar-refractivity contribution is 5.34. The van der Waals surface area contributed by atoms with Crippen molar-refractivity contribution >= 4 is 0 Å². The largest absolute Gasteiger partial charge is 0.389 e. The lowest BCUT2D eigenvalue weighted by Crippen LogP contribution is -2.36. The van der Waals surface area contributed by atoms with E-state index in [0.29, 0.717) is 24.2 Å². The van der Waals surface area contributed by atoms with Gasteiger partial charge in [-0.3, -0.25) is 0 Å². The summed E-state index contributed by atoms with van der Waals surface area (Å²) >= 11 is 0. The third-order valence-corrected chi connectivity index (χ3v) is 4.60. The Kier molecular flexibility index (Phi) is 3.46. The van der Waals surface area contributed by atoms with Crippen LogP contribution in [0.1, 0.15) is 40.5 Å². The van der Waals surface area contributed by atoms with Crippen LogP contribution in [-0.2, 0) is 0 Å². The van der Waals surface area contributed by atoms with E-state index in [0.717, 1.165) is 17.6 Å². The Labute approximate surface area is 104 Å². The van der Waals surface area contributed by atoms with Gasteiger partial charge in [0.05, 0.1) is 12.2 Å². The molecule has 2 rings (SSSR count). The number of rotatable bonds is 1. The normalized spacial score (nSPS) is 38.2. The van der Waals surface area contributed by atoms with Crippen LogP contribution in [0.25, 0.3) is 0 Å². The van der Waals surface area contributed by atoms with Crippen LogP contribution in [0, 0.1) is 17.8 Å². The molecule has 2 aliphatic carbocycles. The maximum atomic E-state index is 10.1. The lowest BCUT2D eigenvalue weighted by Gasteiger charge is -2.41. The van der Waals surface area contributed by atoms with Gasteiger partial charge >= 0.3 is 0 Å². The van der Waals surface area contributed by atoms with E-state index in [1.54, 1.807) is 0 Å². The maximum absolute atomic E-state index is 10.1. The van der Waals surface area contributed by atoms with E-state index in [2.05, 4.69) is 19.9 Å². The van der Waals surface area contributed by atoms with Gasteiger partial charge in [0.2, 0.25) is 0 Å². The van der Waals surface area contributed by atoms with Crippen molar-refractivity contribution in [2.75, 3.05) is 0 Å². The zero-order chi connectivity index (χ0) is 12.7. The first-order chi connectivity index (χ1) is 7.91. The molecule has 2 nitrogen and oxygen atoms in total. The molecule has 0 aromatic heterocycles. The molecule has 0 aromatic carbocycles. The van der Waals surface area contributed by atoms with Crippen LogP contribution in [0.15, 0.2) is 22.8 Å². The zero-order valence-corrected chi connectivity index (χ0v) is 11.3. The first-order valence-electron chi connectivity index (χ1n) is 6.65. The van der Waals surface area contributed by atoms with Crippen molar-refractivity contribution < 1.29 is 10.2 Å². The van der Waals surface area contributed by atoms with Crippen LogP contribution < -0.4 is 0 Å². The topological polar surface area (TPSA) is 40.5 Å². The molecule has 2 N–H and O–H groups in total. The number of aliphatic hydroxyl groups is 2. The molecule has 17 heavy (non-hydrogen) atoms. The van der Waals surface area contributed by atoms with E-state index in [-0.39, 0.29) is 12.2 Å². The molecule has 0 saturated carbocycles. The lowest BCUT2D eigenvalue weighted by molar-refractivity contribution is 0.116. The summed E-state index contributed by atoms with van der Waals surface area (Å²) in [6.07, 6.45) is 3.13. The monoisotopic (exact) mass is 236 g/mol. The number of hydrogen-bond acceptors (Lipinski definition) is 2. The lowest BCUT2D eigenvalue weighted by atomic mass is 9.65. The van der Waals surface area contributed by atoms with Crippen molar-refractivity contribution in [2.24, 2.45) is 17.8 Å². The van der Waals surface area contributed by atoms with E-state index in [9.17, 15) is 10.2 Å². The highest BCUT2D eigenvalue weighted by atomic mass is 16.3. The Morgan fingerprint density at radius 2 is 1.82 bits per heavy atom. The van der Waals surface area contributed by atoms with Gasteiger partial charge in [0.25, 0.3) is 0 Å². The molecule has 4 atom stereocenters. The fraction of sp³-hybridized carbons (Fsp3) is 0.733. The molecular formula is C15H24O2. The molecule has 96 valence electrons. The summed E-state index contributed by atoms with van der Waals surface area (Å²) in [7, 11) is 0. The minimum Gasteiger partial charge on any atom is -0.389 e. The van der Waals surface area contributed by atoms with Crippen LogP contribution in [-0.4, -0.2) is 22.4 Å². The Bertz CT molecular complexity index is 365. The van der Waals surface area contributed by atoms with Gasteiger partial charge in [0.15, 0.2) is 0 Å². The fourth-order valence-corrected chi connectivity index (χ4v) is 3.29. The predicted molar refractivity (Wildman–Crippen MR) is 69.5 cm³/mol. The molecule has 4 unspecified atom stereocenters. The van der Waals surface area contributed by atoms with Crippen molar-refractivity contribution in [3.05, 3.63) is 22.8 Å². The first kappa shape index (κ1) is 12.8. The van der Waals surface area contributed by atoms with Crippen molar-refractivity contribution in [1.82, 2.24) is 0 Å². The first-order valence-corrected chi connectivity index (χ1v) is 6.65. The van der Waals surface area contributed by atoms with Gasteiger partial charge in [-0.25, -0.2) is 0 Å². The summed E-state index contributed by atoms with van der Waals surface area (Å²) in [5, 5.41) is 20.1. The summed E-state index contributed by atoms with van der Waals surface area (Å²) in [4.78, 5) is 0. The van der Waals surface area contributed by atoms with Crippen molar-refractivity contribution in [3.63, 3.8) is 0 Å². The highest BCUT2D eigenvalue weighted by Gasteiger charge is 2.37. The van der Waals surface area contributed by atoms with E-state index in [1.165, 1.54) is 5.57 Å². The fourth-order valence-electron chi connectivity index (χ4n) is 3.29. The van der Waals surface area contributed by atoms with E-state index >= 15 is 0 Å². The minimum atomic E-state index is -0.352. The maximum Gasteiger partial charge on any atom is 0.0785 e. The van der Waals surface area contributed by atoms with Crippen LogP contribution in [0.5, 0.6) is 0 Å². The van der Waals surface area contributed by atoms with Crippen LogP contribution in [0.3, 0.4) is 0 Å². The van der Waals surface area contributed by atoms with Gasteiger partial charge in [-0.15, -0.1) is 0 Å². The second-order valence-corrected chi connectivity index (χ2v) is 6.02. The number of hydrogen-bond donors (Lipinski definition) is 2. The third kappa shape index (κ3) is 2.21. The Morgan fingerprint density at radius 1 is 1.18 bits per heavy atom. The molecule has 0 saturated heterocycles. The number of allylic oxidation sites excluding steroid dienone is 1. The van der Waals surface area contributed by atoms with Crippen LogP contribution in [0.2, 0.25) is 0 Å². The number of aliphatic hydroxyl groups excluding tert-OH is 2. The van der Waals surface area contributed by atoms with Gasteiger partial charge in [-0.05, 0) is 49.7 Å². The zero-order valence-electron chi connectivity index (χ0n) is 11.3. The van der Waals surface area contributed by atoms with Crippen molar-refractivity contribution in [1.29, 1.82) is 0 Å². The highest BCUT2D eigenvalue weighted by Crippen LogP contribution is 2.44. The molecule has 0 bridgehead atoms. The molecular weight excluding hydrogens is 212 g/mol. The molecule has 2 heteroatoms. The average molecular weight is 236 g/mol. The SMILES string of the molecule is CC1=CC2C(=C(C)C(O)CC2C(C)C)CC1O. The average Bonchev–Trinajstić information content (AvgIpc) is 2.26. The quantitative estimate of drug-likeness (QED) is 0.687. The van der Waals surface area contributed by atoms with Gasteiger partial charge in [0.1, 0.15) is 0 Å². The van der Waals surface area contributed by atoms with E-state index in [4.69, 9.17) is 0 Å². The van der Waals surface area contributed by atoms with Crippen molar-refractivity contribution in [2.45, 2.75) is 52.7 Å². The summed E-state index contributed by atoms with van der Waals surface area (Å²) in [6, 6.07) is 0. The molecule has 0 amide bonds. The molecule has 0 aliphatic heterocycles. The summed E-state index contributed by atoms with van der Waals surface area (Å²) in [6.45, 7) is 8.48. The molecule has 0 heterocycles. The van der Waals surface area contributed by atoms with Crippen molar-refractivity contribution in [3.8, 4) is 0 Å². The van der Waals surface area contributed by atoms with Crippen LogP contribution in [0.4, 0.5) is 0 Å². The summed E-state index contributed by atoms with van der Waals surface area (Å²) in [5.74, 6) is 1.50. The second kappa shape index (κ2) is 4.58. The Hall–Kier alpha value is -0.600. The van der Waals surface area contributed by atoms with Crippen LogP contribution >= 0.6 is 0 Å². The molecule has 0 aromatic rings. The summed E-state index contributed by atoms with van der Waals surface area (Å²) < 4.78 is 0. The van der Waals surface area contributed by atoms with Gasteiger partial charge in [-0.1, -0.05) is 25.5 Å². The molecule has 0 radical (unpaired) electrons. The van der Waals surface area contributed by atoms with Gasteiger partial charge in [-0.2, -0.15) is 0 Å². The standard InChI is InChI=1S/C15H24O2/c1-8(2)11-6-15(17)10(4)12-7-14(16)9(3)5-13(11)12/h5,8,11,13-17H,6-7H2,1-4H3. The van der Waals surface area contributed by atoms with E-state index < -0.39 is 0 Å². The molecule has 2 aliphatic rings. The Balaban J connectivity index is 2.42. The Morgan fingerprint density at radius 3 is 2.41 bits per heavy atom. The minimum absolute atomic E-state index is 0.312. The third-order valence-electron chi connectivity index (χ3n) is 4.60. The van der Waals surface area contributed by atoms with Gasteiger partial charge < -0.3 is 10.2 Å². The second-order valence-electron chi connectivity index (χ2n) is 6.02. The smallest absolute Gasteiger partial charge is 0.0785 e. The number of fused-ring (bicyclic) bond motifs is 1.